The van der Waals surface area contributed by atoms with Crippen molar-refractivity contribution in [3.05, 3.63) is 59.7 Å². The largest absolute Gasteiger partial charge is 0.350 e. The highest BCUT2D eigenvalue weighted by Crippen LogP contribution is 1.97. The third-order valence-corrected chi connectivity index (χ3v) is 2.75. The van der Waals surface area contributed by atoms with E-state index in [0.29, 0.717) is 18.7 Å². The van der Waals surface area contributed by atoms with Gasteiger partial charge in [-0.25, -0.2) is 4.98 Å². The van der Waals surface area contributed by atoms with Gasteiger partial charge in [-0.1, -0.05) is 18.2 Å². The first kappa shape index (κ1) is 14.6. The zero-order valence-corrected chi connectivity index (χ0v) is 11.7. The van der Waals surface area contributed by atoms with Crippen molar-refractivity contribution < 1.29 is 9.59 Å². The van der Waals surface area contributed by atoms with Gasteiger partial charge in [0.05, 0.1) is 11.9 Å². The van der Waals surface area contributed by atoms with Gasteiger partial charge in [-0.3, -0.25) is 14.6 Å². The fraction of sp³-hybridized carbons (Fsp3) is 0.200. The van der Waals surface area contributed by atoms with E-state index in [-0.39, 0.29) is 17.5 Å². The van der Waals surface area contributed by atoms with Crippen molar-refractivity contribution in [2.75, 3.05) is 13.1 Å². The first-order chi connectivity index (χ1) is 10.2. The molecule has 0 fully saturated rings. The number of nitrogens with zero attached hydrogens (tertiary/aromatic N) is 2. The van der Waals surface area contributed by atoms with Crippen LogP contribution in [0, 0.1) is 6.92 Å². The molecule has 21 heavy (non-hydrogen) atoms. The molecule has 1 aromatic heterocycles. The van der Waals surface area contributed by atoms with E-state index >= 15 is 0 Å². The number of benzene rings is 1. The standard InChI is InChI=1S/C15H16N4O2/c1-11-9-19-13(10-18-11)15(21)17-8-7-16-14(20)12-5-3-2-4-6-12/h2-6,9-10H,7-8H2,1H3,(H,16,20)(H,17,21). The molecule has 0 aliphatic heterocycles. The number of carbonyl (C=O) groups excluding carboxylic acids is 2. The van der Waals surface area contributed by atoms with Gasteiger partial charge in [-0.2, -0.15) is 0 Å². The van der Waals surface area contributed by atoms with Gasteiger partial charge in [0.15, 0.2) is 0 Å². The van der Waals surface area contributed by atoms with Crippen LogP contribution in [0.25, 0.3) is 0 Å². The third kappa shape index (κ3) is 4.38. The second-order valence-electron chi connectivity index (χ2n) is 4.42. The number of hydrogen-bond donors (Lipinski definition) is 2. The first-order valence-electron chi connectivity index (χ1n) is 6.57. The molecule has 108 valence electrons. The zero-order valence-electron chi connectivity index (χ0n) is 11.7. The number of hydrogen-bond acceptors (Lipinski definition) is 4. The Labute approximate surface area is 122 Å². The average molecular weight is 284 g/mol. The van der Waals surface area contributed by atoms with Gasteiger partial charge in [0.2, 0.25) is 0 Å². The van der Waals surface area contributed by atoms with Crippen molar-refractivity contribution in [2.45, 2.75) is 6.92 Å². The summed E-state index contributed by atoms with van der Waals surface area (Å²) < 4.78 is 0. The summed E-state index contributed by atoms with van der Waals surface area (Å²) in [5.74, 6) is -0.476. The molecule has 2 amide bonds. The smallest absolute Gasteiger partial charge is 0.271 e. The lowest BCUT2D eigenvalue weighted by atomic mass is 10.2. The Hall–Kier alpha value is -2.76. The molecule has 1 aromatic carbocycles. The van der Waals surface area contributed by atoms with E-state index in [1.165, 1.54) is 12.4 Å². The van der Waals surface area contributed by atoms with Crippen LogP contribution in [0.4, 0.5) is 0 Å². The molecule has 0 bridgehead atoms. The summed E-state index contributed by atoms with van der Waals surface area (Å²) in [6.45, 7) is 2.47. The van der Waals surface area contributed by atoms with Crippen molar-refractivity contribution in [1.82, 2.24) is 20.6 Å². The normalized spacial score (nSPS) is 9.95. The molecule has 2 aromatic rings. The predicted octanol–water partition coefficient (Wildman–Crippen LogP) is 0.945. The van der Waals surface area contributed by atoms with Crippen LogP contribution in [0.3, 0.4) is 0 Å². The molecule has 0 atom stereocenters. The van der Waals surface area contributed by atoms with E-state index in [4.69, 9.17) is 0 Å². The number of nitrogens with one attached hydrogen (secondary N) is 2. The third-order valence-electron chi connectivity index (χ3n) is 2.75. The summed E-state index contributed by atoms with van der Waals surface area (Å²) in [4.78, 5) is 31.5. The van der Waals surface area contributed by atoms with Gasteiger partial charge < -0.3 is 10.6 Å². The Morgan fingerprint density at radius 3 is 2.24 bits per heavy atom. The van der Waals surface area contributed by atoms with Gasteiger partial charge in [-0.15, -0.1) is 0 Å². The second kappa shape index (κ2) is 7.14. The highest BCUT2D eigenvalue weighted by Gasteiger charge is 2.07. The summed E-state index contributed by atoms with van der Waals surface area (Å²) in [6.07, 6.45) is 2.96. The Balaban J connectivity index is 1.73. The van der Waals surface area contributed by atoms with Gasteiger partial charge in [0, 0.05) is 24.8 Å². The number of carbonyl (C=O) groups is 2. The van der Waals surface area contributed by atoms with Crippen LogP contribution in [0.1, 0.15) is 26.5 Å². The second-order valence-corrected chi connectivity index (χ2v) is 4.42. The number of aromatic nitrogens is 2. The van der Waals surface area contributed by atoms with Crippen LogP contribution in [-0.2, 0) is 0 Å². The fourth-order valence-corrected chi connectivity index (χ4v) is 1.64. The fourth-order valence-electron chi connectivity index (χ4n) is 1.64. The quantitative estimate of drug-likeness (QED) is 0.800. The van der Waals surface area contributed by atoms with Gasteiger partial charge in [-0.05, 0) is 19.1 Å². The maximum Gasteiger partial charge on any atom is 0.271 e. The molecule has 6 nitrogen and oxygen atoms in total. The monoisotopic (exact) mass is 284 g/mol. The minimum absolute atomic E-state index is 0.167. The summed E-state index contributed by atoms with van der Waals surface area (Å²) in [6, 6.07) is 8.91. The Morgan fingerprint density at radius 2 is 1.62 bits per heavy atom. The van der Waals surface area contributed by atoms with Crippen LogP contribution in [0.15, 0.2) is 42.7 Å². The molecular formula is C15H16N4O2. The minimum Gasteiger partial charge on any atom is -0.350 e. The summed E-state index contributed by atoms with van der Waals surface area (Å²) in [5, 5.41) is 5.39. The number of amides is 2. The molecular weight excluding hydrogens is 268 g/mol. The SMILES string of the molecule is Cc1cnc(C(=O)NCCNC(=O)c2ccccc2)cn1. The molecule has 0 saturated heterocycles. The lowest BCUT2D eigenvalue weighted by Crippen LogP contribution is -2.35. The van der Waals surface area contributed by atoms with Crippen LogP contribution in [0.5, 0.6) is 0 Å². The lowest BCUT2D eigenvalue weighted by Gasteiger charge is -2.06. The summed E-state index contributed by atoms with van der Waals surface area (Å²) in [7, 11) is 0. The van der Waals surface area contributed by atoms with E-state index in [1.807, 2.05) is 6.07 Å². The van der Waals surface area contributed by atoms with Crippen molar-refractivity contribution in [3.8, 4) is 0 Å². The van der Waals surface area contributed by atoms with Crippen LogP contribution >= 0.6 is 0 Å². The van der Waals surface area contributed by atoms with E-state index in [1.54, 1.807) is 31.2 Å². The van der Waals surface area contributed by atoms with E-state index in [2.05, 4.69) is 20.6 Å². The van der Waals surface area contributed by atoms with Crippen molar-refractivity contribution in [2.24, 2.45) is 0 Å². The molecule has 2 rings (SSSR count). The molecule has 6 heteroatoms. The van der Waals surface area contributed by atoms with Crippen molar-refractivity contribution in [1.29, 1.82) is 0 Å². The molecule has 2 N–H and O–H groups in total. The van der Waals surface area contributed by atoms with Crippen molar-refractivity contribution in [3.63, 3.8) is 0 Å². The molecule has 0 aliphatic carbocycles. The van der Waals surface area contributed by atoms with Crippen molar-refractivity contribution >= 4 is 11.8 Å². The molecule has 1 heterocycles. The zero-order chi connectivity index (χ0) is 15.1. The summed E-state index contributed by atoms with van der Waals surface area (Å²) in [5.41, 5.74) is 1.60. The molecule has 0 spiro atoms. The summed E-state index contributed by atoms with van der Waals surface area (Å²) >= 11 is 0. The predicted molar refractivity (Wildman–Crippen MR) is 77.9 cm³/mol. The van der Waals surface area contributed by atoms with Gasteiger partial charge in [0.25, 0.3) is 11.8 Å². The molecule has 0 unspecified atom stereocenters. The van der Waals surface area contributed by atoms with E-state index < -0.39 is 0 Å². The van der Waals surface area contributed by atoms with E-state index in [9.17, 15) is 9.59 Å². The highest BCUT2D eigenvalue weighted by atomic mass is 16.2. The lowest BCUT2D eigenvalue weighted by molar-refractivity contribution is 0.0925. The van der Waals surface area contributed by atoms with Gasteiger partial charge >= 0.3 is 0 Å². The van der Waals surface area contributed by atoms with Crippen LogP contribution < -0.4 is 10.6 Å². The highest BCUT2D eigenvalue weighted by molar-refractivity contribution is 5.94. The van der Waals surface area contributed by atoms with E-state index in [0.717, 1.165) is 5.69 Å². The topological polar surface area (TPSA) is 84.0 Å². The molecule has 0 saturated carbocycles. The molecule has 0 aliphatic rings. The average Bonchev–Trinajstić information content (AvgIpc) is 2.52. The Bertz CT molecular complexity index is 611. The number of aryl methyl sites for hydroxylation is 1. The maximum absolute atomic E-state index is 11.8. The Morgan fingerprint density at radius 1 is 0.952 bits per heavy atom. The Kier molecular flexibility index (Phi) is 4.98. The van der Waals surface area contributed by atoms with Gasteiger partial charge in [0.1, 0.15) is 5.69 Å². The maximum atomic E-state index is 11.8. The van der Waals surface area contributed by atoms with Crippen LogP contribution in [-0.4, -0.2) is 34.9 Å². The minimum atomic E-state index is -0.309. The first-order valence-corrected chi connectivity index (χ1v) is 6.57. The van der Waals surface area contributed by atoms with Crippen LogP contribution in [0.2, 0.25) is 0 Å². The molecule has 0 radical (unpaired) electrons. The number of rotatable bonds is 5.